The van der Waals surface area contributed by atoms with E-state index in [0.717, 1.165) is 6.42 Å². The molecule has 0 unspecified atom stereocenters. The Bertz CT molecular complexity index is 776. The molecule has 0 bridgehead atoms. The Balaban J connectivity index is 1.43. The Morgan fingerprint density at radius 3 is 1.94 bits per heavy atom. The highest BCUT2D eigenvalue weighted by atomic mass is 19.3. The number of allylic oxidation sites excluding steroid dienone is 1. The molecule has 0 aromatic heterocycles. The number of rotatable bonds is 11. The second-order valence-corrected chi connectivity index (χ2v) is 9.19. The minimum atomic E-state index is -2.46. The van der Waals surface area contributed by atoms with Crippen LogP contribution in [0.2, 0.25) is 0 Å². The molecule has 0 saturated heterocycles. The van der Waals surface area contributed by atoms with Gasteiger partial charge in [0.25, 0.3) is 0 Å². The fraction of sp³-hybridized carbons (Fsp3) is 0.517. The van der Waals surface area contributed by atoms with Crippen molar-refractivity contribution < 1.29 is 8.78 Å². The van der Waals surface area contributed by atoms with E-state index in [2.05, 4.69) is 67.6 Å². The van der Waals surface area contributed by atoms with E-state index in [1.165, 1.54) is 67.2 Å². The molecule has 0 spiro atoms. The van der Waals surface area contributed by atoms with Gasteiger partial charge < -0.3 is 0 Å². The molecule has 0 nitrogen and oxygen atoms in total. The third-order valence-corrected chi connectivity index (χ3v) is 6.63. The number of hydrogen-bond acceptors (Lipinski definition) is 0. The SMILES string of the molecule is CCCCCCCCC/C=C/c1ccc(-c2ccc(C3CCC(F)(F)CC3)cc2)cc1. The third kappa shape index (κ3) is 7.91. The van der Waals surface area contributed by atoms with Gasteiger partial charge in [0, 0.05) is 12.8 Å². The molecule has 2 aromatic carbocycles. The molecule has 0 N–H and O–H groups in total. The summed E-state index contributed by atoms with van der Waals surface area (Å²) >= 11 is 0. The van der Waals surface area contributed by atoms with Crippen molar-refractivity contribution in [2.75, 3.05) is 0 Å². The lowest BCUT2D eigenvalue weighted by molar-refractivity contribution is -0.0382. The summed E-state index contributed by atoms with van der Waals surface area (Å²) in [5, 5.41) is 0. The fourth-order valence-electron chi connectivity index (χ4n) is 4.55. The van der Waals surface area contributed by atoms with E-state index in [9.17, 15) is 8.78 Å². The maximum atomic E-state index is 13.4. The molecule has 31 heavy (non-hydrogen) atoms. The Hall–Kier alpha value is -1.96. The lowest BCUT2D eigenvalue weighted by Crippen LogP contribution is -2.23. The molecule has 0 aliphatic heterocycles. The zero-order valence-electron chi connectivity index (χ0n) is 19.1. The maximum Gasteiger partial charge on any atom is 0.248 e. The smallest absolute Gasteiger partial charge is 0.207 e. The van der Waals surface area contributed by atoms with E-state index in [1.54, 1.807) is 0 Å². The molecule has 0 radical (unpaired) electrons. The van der Waals surface area contributed by atoms with Crippen molar-refractivity contribution in [3.63, 3.8) is 0 Å². The first kappa shape index (κ1) is 23.7. The van der Waals surface area contributed by atoms with Gasteiger partial charge in [0.2, 0.25) is 5.92 Å². The van der Waals surface area contributed by atoms with Crippen molar-refractivity contribution in [3.8, 4) is 11.1 Å². The van der Waals surface area contributed by atoms with E-state index in [-0.39, 0.29) is 18.8 Å². The summed E-state index contributed by atoms with van der Waals surface area (Å²) in [7, 11) is 0. The molecule has 1 aliphatic rings. The van der Waals surface area contributed by atoms with Crippen LogP contribution in [0.1, 0.15) is 101 Å². The van der Waals surface area contributed by atoms with Crippen LogP contribution < -0.4 is 0 Å². The molecule has 3 rings (SSSR count). The van der Waals surface area contributed by atoms with Gasteiger partial charge in [-0.25, -0.2) is 8.78 Å². The topological polar surface area (TPSA) is 0 Å². The first-order valence-electron chi connectivity index (χ1n) is 12.3. The van der Waals surface area contributed by atoms with Gasteiger partial charge in [0.1, 0.15) is 0 Å². The van der Waals surface area contributed by atoms with Crippen LogP contribution in [0, 0.1) is 0 Å². The largest absolute Gasteiger partial charge is 0.248 e. The Morgan fingerprint density at radius 1 is 0.774 bits per heavy atom. The summed E-state index contributed by atoms with van der Waals surface area (Å²) in [6.07, 6.45) is 16.4. The van der Waals surface area contributed by atoms with Crippen LogP contribution >= 0.6 is 0 Å². The first-order valence-corrected chi connectivity index (χ1v) is 12.3. The van der Waals surface area contributed by atoms with Crippen LogP contribution in [-0.4, -0.2) is 5.92 Å². The predicted octanol–water partition coefficient (Wildman–Crippen LogP) is 9.80. The lowest BCUT2D eigenvalue weighted by atomic mass is 9.82. The zero-order chi connectivity index (χ0) is 21.9. The van der Waals surface area contributed by atoms with Gasteiger partial charge in [-0.15, -0.1) is 0 Å². The molecule has 0 atom stereocenters. The number of halogens is 2. The van der Waals surface area contributed by atoms with Gasteiger partial charge in [0.15, 0.2) is 0 Å². The van der Waals surface area contributed by atoms with E-state index in [1.807, 2.05) is 0 Å². The summed E-state index contributed by atoms with van der Waals surface area (Å²) in [4.78, 5) is 0. The van der Waals surface area contributed by atoms with Crippen LogP contribution in [0.3, 0.4) is 0 Å². The van der Waals surface area contributed by atoms with Crippen molar-refractivity contribution in [1.82, 2.24) is 0 Å². The minimum Gasteiger partial charge on any atom is -0.207 e. The van der Waals surface area contributed by atoms with E-state index >= 15 is 0 Å². The van der Waals surface area contributed by atoms with Crippen LogP contribution in [0.15, 0.2) is 54.6 Å². The Kier molecular flexibility index (Phi) is 9.31. The summed E-state index contributed by atoms with van der Waals surface area (Å²) < 4.78 is 26.8. The Labute approximate surface area is 187 Å². The van der Waals surface area contributed by atoms with Crippen LogP contribution in [0.4, 0.5) is 8.78 Å². The normalized spacial score (nSPS) is 16.7. The molecule has 0 amide bonds. The van der Waals surface area contributed by atoms with Crippen LogP contribution in [0.25, 0.3) is 17.2 Å². The molecular formula is C29H38F2. The van der Waals surface area contributed by atoms with E-state index < -0.39 is 5.92 Å². The second kappa shape index (κ2) is 12.2. The molecule has 1 aliphatic carbocycles. The van der Waals surface area contributed by atoms with Gasteiger partial charge in [-0.3, -0.25) is 0 Å². The van der Waals surface area contributed by atoms with Crippen molar-refractivity contribution in [1.29, 1.82) is 0 Å². The fourth-order valence-corrected chi connectivity index (χ4v) is 4.55. The monoisotopic (exact) mass is 424 g/mol. The first-order chi connectivity index (χ1) is 15.1. The van der Waals surface area contributed by atoms with Crippen molar-refractivity contribution >= 4 is 6.08 Å². The van der Waals surface area contributed by atoms with Gasteiger partial charge in [-0.05, 0) is 53.9 Å². The summed E-state index contributed by atoms with van der Waals surface area (Å²) in [5.41, 5.74) is 4.82. The Morgan fingerprint density at radius 2 is 1.32 bits per heavy atom. The maximum absolute atomic E-state index is 13.4. The molecule has 2 heteroatoms. The number of hydrogen-bond donors (Lipinski definition) is 0. The number of alkyl halides is 2. The van der Waals surface area contributed by atoms with Gasteiger partial charge in [-0.2, -0.15) is 0 Å². The van der Waals surface area contributed by atoms with Gasteiger partial charge in [-0.1, -0.05) is 106 Å². The van der Waals surface area contributed by atoms with Crippen molar-refractivity contribution in [2.45, 2.75) is 95.8 Å². The second-order valence-electron chi connectivity index (χ2n) is 9.19. The minimum absolute atomic E-state index is 0.0212. The molecule has 168 valence electrons. The number of unbranched alkanes of at least 4 members (excludes halogenated alkanes) is 7. The summed E-state index contributed by atoms with van der Waals surface area (Å²) in [6, 6.07) is 17.2. The zero-order valence-corrected chi connectivity index (χ0v) is 19.1. The molecule has 1 saturated carbocycles. The van der Waals surface area contributed by atoms with Crippen molar-refractivity contribution in [2.24, 2.45) is 0 Å². The van der Waals surface area contributed by atoms with Crippen LogP contribution in [0.5, 0.6) is 0 Å². The highest BCUT2D eigenvalue weighted by Gasteiger charge is 2.35. The standard InChI is InChI=1S/C29H38F2/c1-2-3-4-5-6-7-8-9-10-11-24-12-14-25(15-13-24)26-16-18-27(19-17-26)28-20-22-29(30,31)23-21-28/h10-19,28H,2-9,20-23H2,1H3/b11-10+. The third-order valence-electron chi connectivity index (χ3n) is 6.63. The van der Waals surface area contributed by atoms with E-state index in [4.69, 9.17) is 0 Å². The van der Waals surface area contributed by atoms with E-state index in [0.29, 0.717) is 12.8 Å². The van der Waals surface area contributed by atoms with Gasteiger partial charge in [0.05, 0.1) is 0 Å². The molecule has 0 heterocycles. The highest BCUT2D eigenvalue weighted by Crippen LogP contribution is 2.41. The highest BCUT2D eigenvalue weighted by molar-refractivity contribution is 5.66. The average molecular weight is 425 g/mol. The quantitative estimate of drug-likeness (QED) is 0.315. The number of benzene rings is 2. The summed E-state index contributed by atoms with van der Waals surface area (Å²) in [6.45, 7) is 2.26. The van der Waals surface area contributed by atoms with Crippen molar-refractivity contribution in [3.05, 3.63) is 65.7 Å². The van der Waals surface area contributed by atoms with Gasteiger partial charge >= 0.3 is 0 Å². The predicted molar refractivity (Wildman–Crippen MR) is 130 cm³/mol. The molecule has 2 aromatic rings. The molecular weight excluding hydrogens is 386 g/mol. The average Bonchev–Trinajstić information content (AvgIpc) is 2.79. The summed E-state index contributed by atoms with van der Waals surface area (Å²) in [5.74, 6) is -2.18. The molecule has 1 fully saturated rings. The van der Waals surface area contributed by atoms with Crippen LogP contribution in [-0.2, 0) is 0 Å². The lowest BCUT2D eigenvalue weighted by Gasteiger charge is -2.28.